The first-order valence-corrected chi connectivity index (χ1v) is 6.63. The topological polar surface area (TPSA) is 28.2 Å². The molecule has 2 atom stereocenters. The van der Waals surface area contributed by atoms with Crippen molar-refractivity contribution in [3.63, 3.8) is 0 Å². The highest BCUT2D eigenvalue weighted by Gasteiger charge is 2.29. The number of aromatic nitrogens is 1. The molecule has 1 aromatic heterocycles. The van der Waals surface area contributed by atoms with E-state index in [0.29, 0.717) is 6.04 Å². The third-order valence-electron chi connectivity index (χ3n) is 3.91. The van der Waals surface area contributed by atoms with Crippen molar-refractivity contribution in [3.05, 3.63) is 23.9 Å². The lowest BCUT2D eigenvalue weighted by molar-refractivity contribution is 0.190. The second kappa shape index (κ2) is 5.50. The number of likely N-dealkylation sites (tertiary alicyclic amines) is 1. The average Bonchev–Trinajstić information content (AvgIpc) is 2.71. The Hall–Kier alpha value is -1.09. The lowest BCUT2D eigenvalue weighted by Gasteiger charge is -2.28. The number of rotatable bonds is 4. The van der Waals surface area contributed by atoms with Gasteiger partial charge in [-0.25, -0.2) is 4.98 Å². The highest BCUT2D eigenvalue weighted by Crippen LogP contribution is 2.28. The molecule has 94 valence electrons. The lowest BCUT2D eigenvalue weighted by atomic mass is 10.1. The Morgan fingerprint density at radius 1 is 1.47 bits per heavy atom. The van der Waals surface area contributed by atoms with E-state index in [0.717, 1.165) is 18.4 Å². The summed E-state index contributed by atoms with van der Waals surface area (Å²) in [7, 11) is 1.94. The van der Waals surface area contributed by atoms with Gasteiger partial charge in [-0.2, -0.15) is 0 Å². The van der Waals surface area contributed by atoms with Crippen molar-refractivity contribution < 1.29 is 0 Å². The van der Waals surface area contributed by atoms with Gasteiger partial charge < -0.3 is 5.32 Å². The fraction of sp³-hybridized carbons (Fsp3) is 0.643. The molecular formula is C14H23N3. The van der Waals surface area contributed by atoms with Crippen LogP contribution in [0.3, 0.4) is 0 Å². The number of pyridine rings is 1. The van der Waals surface area contributed by atoms with Gasteiger partial charge in [-0.15, -0.1) is 0 Å². The van der Waals surface area contributed by atoms with Gasteiger partial charge in [0.1, 0.15) is 5.82 Å². The number of nitrogens with zero attached hydrogens (tertiary/aromatic N) is 2. The molecular weight excluding hydrogens is 210 g/mol. The summed E-state index contributed by atoms with van der Waals surface area (Å²) in [6.45, 7) is 5.65. The molecule has 0 saturated carbocycles. The van der Waals surface area contributed by atoms with Gasteiger partial charge in [0, 0.05) is 37.4 Å². The molecule has 1 aromatic rings. The van der Waals surface area contributed by atoms with Crippen LogP contribution >= 0.6 is 0 Å². The van der Waals surface area contributed by atoms with Crippen molar-refractivity contribution in [3.8, 4) is 0 Å². The molecule has 3 nitrogen and oxygen atoms in total. The van der Waals surface area contributed by atoms with E-state index in [1.54, 1.807) is 0 Å². The van der Waals surface area contributed by atoms with Crippen LogP contribution < -0.4 is 5.32 Å². The first-order valence-electron chi connectivity index (χ1n) is 6.63. The summed E-state index contributed by atoms with van der Waals surface area (Å²) < 4.78 is 0. The van der Waals surface area contributed by atoms with Gasteiger partial charge in [0.2, 0.25) is 0 Å². The zero-order valence-electron chi connectivity index (χ0n) is 11.1. The van der Waals surface area contributed by atoms with E-state index in [1.165, 1.54) is 24.8 Å². The van der Waals surface area contributed by atoms with Crippen LogP contribution in [0.15, 0.2) is 18.3 Å². The molecule has 1 fully saturated rings. The molecule has 1 aliphatic heterocycles. The van der Waals surface area contributed by atoms with Crippen LogP contribution in [0.1, 0.15) is 38.7 Å². The number of nitrogens with one attached hydrogen (secondary N) is 1. The second-order valence-electron chi connectivity index (χ2n) is 4.92. The third kappa shape index (κ3) is 2.60. The summed E-state index contributed by atoms with van der Waals surface area (Å²) in [6, 6.07) is 5.65. The number of anilines is 1. The van der Waals surface area contributed by atoms with Crippen molar-refractivity contribution in [1.82, 2.24) is 9.88 Å². The highest BCUT2D eigenvalue weighted by atomic mass is 15.2. The maximum absolute atomic E-state index is 4.38. The maximum Gasteiger partial charge on any atom is 0.130 e. The van der Waals surface area contributed by atoms with Gasteiger partial charge in [-0.05, 0) is 32.3 Å². The van der Waals surface area contributed by atoms with Gasteiger partial charge in [0.25, 0.3) is 0 Å². The van der Waals surface area contributed by atoms with Crippen molar-refractivity contribution >= 4 is 5.82 Å². The Morgan fingerprint density at radius 2 is 2.29 bits per heavy atom. The molecule has 0 radical (unpaired) electrons. The van der Waals surface area contributed by atoms with Crippen LogP contribution in [0, 0.1) is 0 Å². The molecule has 2 unspecified atom stereocenters. The van der Waals surface area contributed by atoms with Crippen LogP contribution in [-0.2, 0) is 6.54 Å². The summed E-state index contributed by atoms with van der Waals surface area (Å²) in [4.78, 5) is 7.00. The molecule has 1 saturated heterocycles. The minimum atomic E-state index is 0.699. The fourth-order valence-electron chi connectivity index (χ4n) is 2.84. The van der Waals surface area contributed by atoms with E-state index in [2.05, 4.69) is 35.1 Å². The summed E-state index contributed by atoms with van der Waals surface area (Å²) in [6.07, 6.45) is 5.76. The number of hydrogen-bond acceptors (Lipinski definition) is 3. The van der Waals surface area contributed by atoms with E-state index in [9.17, 15) is 0 Å². The minimum Gasteiger partial charge on any atom is -0.373 e. The van der Waals surface area contributed by atoms with E-state index in [1.807, 2.05) is 19.3 Å². The Balaban J connectivity index is 2.13. The van der Waals surface area contributed by atoms with Crippen LogP contribution in [0.4, 0.5) is 5.82 Å². The summed E-state index contributed by atoms with van der Waals surface area (Å²) >= 11 is 0. The van der Waals surface area contributed by atoms with Gasteiger partial charge in [0.15, 0.2) is 0 Å². The van der Waals surface area contributed by atoms with E-state index in [4.69, 9.17) is 0 Å². The van der Waals surface area contributed by atoms with Crippen molar-refractivity contribution in [2.75, 3.05) is 12.4 Å². The zero-order valence-corrected chi connectivity index (χ0v) is 11.1. The summed E-state index contributed by atoms with van der Waals surface area (Å²) in [5.41, 5.74) is 1.31. The highest BCUT2D eigenvalue weighted by molar-refractivity contribution is 5.42. The first kappa shape index (κ1) is 12.4. The molecule has 1 N–H and O–H groups in total. The molecule has 2 heterocycles. The SMILES string of the molecule is CCC1CCC(C)N1Cc1cccnc1NC. The van der Waals surface area contributed by atoms with E-state index < -0.39 is 0 Å². The van der Waals surface area contributed by atoms with Crippen LogP contribution in [-0.4, -0.2) is 29.0 Å². The van der Waals surface area contributed by atoms with E-state index >= 15 is 0 Å². The lowest BCUT2D eigenvalue weighted by Crippen LogP contribution is -2.33. The molecule has 0 aliphatic carbocycles. The monoisotopic (exact) mass is 233 g/mol. The fourth-order valence-corrected chi connectivity index (χ4v) is 2.84. The number of hydrogen-bond donors (Lipinski definition) is 1. The molecule has 17 heavy (non-hydrogen) atoms. The Labute approximate surface area is 104 Å². The predicted octanol–water partition coefficient (Wildman–Crippen LogP) is 2.89. The standard InChI is InChI=1S/C14H23N3/c1-4-13-8-7-11(2)17(13)10-12-6-5-9-16-14(12)15-3/h5-6,9,11,13H,4,7-8,10H2,1-3H3,(H,15,16). The maximum atomic E-state index is 4.38. The van der Waals surface area contributed by atoms with Crippen LogP contribution in [0.2, 0.25) is 0 Å². The van der Waals surface area contributed by atoms with Gasteiger partial charge in [-0.3, -0.25) is 4.90 Å². The predicted molar refractivity (Wildman–Crippen MR) is 72.1 cm³/mol. The van der Waals surface area contributed by atoms with Gasteiger partial charge >= 0.3 is 0 Å². The molecule has 2 rings (SSSR count). The van der Waals surface area contributed by atoms with Gasteiger partial charge in [-0.1, -0.05) is 13.0 Å². The Kier molecular flexibility index (Phi) is 4.00. The normalized spacial score (nSPS) is 25.1. The third-order valence-corrected chi connectivity index (χ3v) is 3.91. The Morgan fingerprint density at radius 3 is 3.00 bits per heavy atom. The zero-order chi connectivity index (χ0) is 12.3. The summed E-state index contributed by atoms with van der Waals surface area (Å²) in [5.74, 6) is 1.02. The van der Waals surface area contributed by atoms with Crippen molar-refractivity contribution in [2.45, 2.75) is 51.7 Å². The van der Waals surface area contributed by atoms with Crippen molar-refractivity contribution in [2.24, 2.45) is 0 Å². The van der Waals surface area contributed by atoms with Gasteiger partial charge in [0.05, 0.1) is 0 Å². The average molecular weight is 233 g/mol. The van der Waals surface area contributed by atoms with Crippen LogP contribution in [0.25, 0.3) is 0 Å². The molecule has 0 amide bonds. The summed E-state index contributed by atoms with van der Waals surface area (Å²) in [5, 5.41) is 3.18. The quantitative estimate of drug-likeness (QED) is 0.866. The minimum absolute atomic E-state index is 0.699. The largest absolute Gasteiger partial charge is 0.373 e. The van der Waals surface area contributed by atoms with E-state index in [-0.39, 0.29) is 0 Å². The molecule has 0 bridgehead atoms. The molecule has 1 aliphatic rings. The molecule has 0 aromatic carbocycles. The van der Waals surface area contributed by atoms with Crippen molar-refractivity contribution in [1.29, 1.82) is 0 Å². The van der Waals surface area contributed by atoms with Crippen LogP contribution in [0.5, 0.6) is 0 Å². The smallest absolute Gasteiger partial charge is 0.130 e. The second-order valence-corrected chi connectivity index (χ2v) is 4.92. The molecule has 3 heteroatoms. The Bertz CT molecular complexity index is 364. The first-order chi connectivity index (χ1) is 8.26. The molecule has 0 spiro atoms.